The lowest BCUT2D eigenvalue weighted by molar-refractivity contribution is -0.211. The van der Waals surface area contributed by atoms with Crippen LogP contribution in [0.15, 0.2) is 0 Å². The highest BCUT2D eigenvalue weighted by molar-refractivity contribution is 5.90. The third-order valence-corrected chi connectivity index (χ3v) is 5.30. The Hall–Kier alpha value is -1.06. The van der Waals surface area contributed by atoms with Crippen molar-refractivity contribution >= 4 is 12.3 Å². The maximum absolute atomic E-state index is 12.2. The van der Waals surface area contributed by atoms with E-state index in [9.17, 15) is 9.59 Å². The topological polar surface area (TPSA) is 83.1 Å². The van der Waals surface area contributed by atoms with Gasteiger partial charge in [-0.05, 0) is 51.9 Å². The fourth-order valence-electron chi connectivity index (χ4n) is 3.79. The first-order chi connectivity index (χ1) is 12.3. The van der Waals surface area contributed by atoms with Crippen molar-refractivity contribution in [2.45, 2.75) is 43.9 Å². The van der Waals surface area contributed by atoms with Crippen LogP contribution in [0, 0.1) is 0 Å². The zero-order valence-corrected chi connectivity index (χ0v) is 14.8. The largest absolute Gasteiger partial charge is 0.365 e. The molecule has 0 bridgehead atoms. The van der Waals surface area contributed by atoms with Gasteiger partial charge in [-0.2, -0.15) is 0 Å². The number of ether oxygens (including phenoxy) is 1. The van der Waals surface area contributed by atoms with E-state index in [1.54, 1.807) is 5.06 Å². The zero-order chi connectivity index (χ0) is 17.5. The molecule has 2 N–H and O–H groups in total. The Balaban J connectivity index is 1.40. The van der Waals surface area contributed by atoms with Crippen molar-refractivity contribution in [1.29, 1.82) is 0 Å². The van der Waals surface area contributed by atoms with Crippen LogP contribution >= 0.6 is 0 Å². The molecule has 0 saturated carbocycles. The molecule has 3 fully saturated rings. The Bertz CT molecular complexity index is 430. The summed E-state index contributed by atoms with van der Waals surface area (Å²) in [6.07, 6.45) is 3.36. The lowest BCUT2D eigenvalue weighted by Crippen LogP contribution is -2.53. The van der Waals surface area contributed by atoms with Crippen LogP contribution in [0.2, 0.25) is 0 Å². The third kappa shape index (κ3) is 5.46. The van der Waals surface area contributed by atoms with Gasteiger partial charge in [0.15, 0.2) is 6.29 Å². The second kappa shape index (κ2) is 9.59. The van der Waals surface area contributed by atoms with Gasteiger partial charge in [0, 0.05) is 32.2 Å². The standard InChI is InChI=1S/C17H30N4O4/c22-13-16(24-15-3-7-19-8-4-15)17(23)25-21-11-9-20(10-12-21)14-1-5-18-6-2-14/h13-16,18-19H,1-12H2. The fraction of sp³-hybridized carbons (Fsp3) is 0.882. The molecule has 142 valence electrons. The highest BCUT2D eigenvalue weighted by Gasteiger charge is 2.30. The lowest BCUT2D eigenvalue weighted by Gasteiger charge is -2.40. The van der Waals surface area contributed by atoms with Crippen molar-refractivity contribution in [2.75, 3.05) is 52.4 Å². The Labute approximate surface area is 149 Å². The highest BCUT2D eigenvalue weighted by Crippen LogP contribution is 2.15. The molecule has 0 aromatic carbocycles. The maximum Gasteiger partial charge on any atom is 0.361 e. The summed E-state index contributed by atoms with van der Waals surface area (Å²) in [5.74, 6) is -0.594. The van der Waals surface area contributed by atoms with Crippen molar-refractivity contribution in [3.05, 3.63) is 0 Å². The Kier molecular flexibility index (Phi) is 7.18. The van der Waals surface area contributed by atoms with E-state index >= 15 is 0 Å². The summed E-state index contributed by atoms with van der Waals surface area (Å²) in [5, 5.41) is 8.28. The van der Waals surface area contributed by atoms with E-state index in [1.165, 1.54) is 12.8 Å². The highest BCUT2D eigenvalue weighted by atomic mass is 16.7. The first kappa shape index (κ1) is 18.7. The van der Waals surface area contributed by atoms with Gasteiger partial charge in [0.25, 0.3) is 0 Å². The van der Waals surface area contributed by atoms with Gasteiger partial charge < -0.3 is 20.2 Å². The van der Waals surface area contributed by atoms with Crippen LogP contribution in [-0.2, 0) is 19.2 Å². The van der Waals surface area contributed by atoms with Gasteiger partial charge in [0.2, 0.25) is 6.10 Å². The van der Waals surface area contributed by atoms with Crippen molar-refractivity contribution in [3.63, 3.8) is 0 Å². The summed E-state index contributed by atoms with van der Waals surface area (Å²) in [5.41, 5.74) is 0. The van der Waals surface area contributed by atoms with Crippen molar-refractivity contribution in [3.8, 4) is 0 Å². The van der Waals surface area contributed by atoms with Gasteiger partial charge in [-0.3, -0.25) is 9.69 Å². The minimum absolute atomic E-state index is 0.0549. The molecule has 8 nitrogen and oxygen atoms in total. The van der Waals surface area contributed by atoms with E-state index in [0.717, 1.165) is 52.1 Å². The monoisotopic (exact) mass is 354 g/mol. The second-order valence-electron chi connectivity index (χ2n) is 7.00. The van der Waals surface area contributed by atoms with Crippen LogP contribution in [0.3, 0.4) is 0 Å². The van der Waals surface area contributed by atoms with E-state index in [2.05, 4.69) is 15.5 Å². The van der Waals surface area contributed by atoms with E-state index in [1.807, 2.05) is 0 Å². The minimum atomic E-state index is -1.12. The number of nitrogens with one attached hydrogen (secondary N) is 2. The quantitative estimate of drug-likeness (QED) is 0.472. The number of carbonyl (C=O) groups excluding carboxylic acids is 2. The molecule has 3 aliphatic rings. The number of hydroxylamine groups is 2. The lowest BCUT2D eigenvalue weighted by atomic mass is 10.0. The van der Waals surface area contributed by atoms with Gasteiger partial charge in [-0.25, -0.2) is 4.79 Å². The number of rotatable bonds is 6. The number of hydrogen-bond donors (Lipinski definition) is 2. The average molecular weight is 354 g/mol. The fourth-order valence-corrected chi connectivity index (χ4v) is 3.79. The maximum atomic E-state index is 12.2. The van der Waals surface area contributed by atoms with E-state index < -0.39 is 12.1 Å². The molecular formula is C17H30N4O4. The predicted octanol–water partition coefficient (Wildman–Crippen LogP) is -0.850. The smallest absolute Gasteiger partial charge is 0.361 e. The van der Waals surface area contributed by atoms with Crippen molar-refractivity contribution in [1.82, 2.24) is 20.6 Å². The summed E-state index contributed by atoms with van der Waals surface area (Å²) < 4.78 is 5.63. The molecule has 3 rings (SSSR count). The average Bonchev–Trinajstić information content (AvgIpc) is 2.68. The molecule has 8 heteroatoms. The number of carbonyl (C=O) groups is 2. The number of nitrogens with zero attached hydrogens (tertiary/aromatic N) is 2. The van der Waals surface area contributed by atoms with Crippen LogP contribution in [0.25, 0.3) is 0 Å². The number of aldehydes is 1. The third-order valence-electron chi connectivity index (χ3n) is 5.30. The Morgan fingerprint density at radius 2 is 1.56 bits per heavy atom. The van der Waals surface area contributed by atoms with Gasteiger partial charge >= 0.3 is 5.97 Å². The molecule has 0 radical (unpaired) electrons. The summed E-state index contributed by atoms with van der Waals surface area (Å²) in [7, 11) is 0. The van der Waals surface area contributed by atoms with Crippen LogP contribution in [0.1, 0.15) is 25.7 Å². The molecule has 0 aromatic heterocycles. The molecule has 3 heterocycles. The SMILES string of the molecule is O=CC(OC1CCNCC1)C(=O)ON1CCN(C2CCNCC2)CC1. The molecule has 3 saturated heterocycles. The Morgan fingerprint density at radius 1 is 0.960 bits per heavy atom. The van der Waals surface area contributed by atoms with Gasteiger partial charge in [-0.15, -0.1) is 5.06 Å². The van der Waals surface area contributed by atoms with E-state index in [-0.39, 0.29) is 6.10 Å². The molecule has 25 heavy (non-hydrogen) atoms. The molecular weight excluding hydrogens is 324 g/mol. The number of piperidine rings is 2. The molecule has 0 spiro atoms. The van der Waals surface area contributed by atoms with Gasteiger partial charge in [0.05, 0.1) is 6.10 Å². The summed E-state index contributed by atoms with van der Waals surface area (Å²) in [6.45, 7) is 6.98. The normalized spacial score (nSPS) is 26.2. The zero-order valence-electron chi connectivity index (χ0n) is 14.8. The van der Waals surface area contributed by atoms with Gasteiger partial charge in [0.1, 0.15) is 0 Å². The van der Waals surface area contributed by atoms with E-state index in [4.69, 9.17) is 9.57 Å². The second-order valence-corrected chi connectivity index (χ2v) is 7.00. The van der Waals surface area contributed by atoms with Crippen LogP contribution in [-0.4, -0.2) is 92.8 Å². The summed E-state index contributed by atoms with van der Waals surface area (Å²) in [6, 6.07) is 0.630. The van der Waals surface area contributed by atoms with Crippen LogP contribution in [0.5, 0.6) is 0 Å². The summed E-state index contributed by atoms with van der Waals surface area (Å²) >= 11 is 0. The summed E-state index contributed by atoms with van der Waals surface area (Å²) in [4.78, 5) is 31.4. The molecule has 0 aromatic rings. The molecule has 0 aliphatic carbocycles. The van der Waals surface area contributed by atoms with Gasteiger partial charge in [-0.1, -0.05) is 0 Å². The first-order valence-electron chi connectivity index (χ1n) is 9.49. The van der Waals surface area contributed by atoms with Crippen LogP contribution in [0.4, 0.5) is 0 Å². The first-order valence-corrected chi connectivity index (χ1v) is 9.49. The predicted molar refractivity (Wildman–Crippen MR) is 92.0 cm³/mol. The molecule has 1 unspecified atom stereocenters. The van der Waals surface area contributed by atoms with Crippen LogP contribution < -0.4 is 10.6 Å². The number of piperazine rings is 1. The number of hydrogen-bond acceptors (Lipinski definition) is 8. The minimum Gasteiger partial charge on any atom is -0.365 e. The molecule has 3 aliphatic heterocycles. The molecule has 0 amide bonds. The van der Waals surface area contributed by atoms with Crippen molar-refractivity contribution in [2.24, 2.45) is 0 Å². The van der Waals surface area contributed by atoms with E-state index in [0.29, 0.717) is 25.4 Å². The Morgan fingerprint density at radius 3 is 2.16 bits per heavy atom. The van der Waals surface area contributed by atoms with Crippen molar-refractivity contribution < 1.29 is 19.2 Å². The molecule has 1 atom stereocenters.